The zero-order valence-electron chi connectivity index (χ0n) is 11.9. The minimum absolute atomic E-state index is 0.207. The molecule has 4 heteroatoms. The highest BCUT2D eigenvalue weighted by Crippen LogP contribution is 2.27. The van der Waals surface area contributed by atoms with Crippen molar-refractivity contribution in [3.8, 4) is 0 Å². The van der Waals surface area contributed by atoms with Gasteiger partial charge in [-0.3, -0.25) is 0 Å². The second kappa shape index (κ2) is 7.92. The lowest BCUT2D eigenvalue weighted by molar-refractivity contribution is 0.587. The van der Waals surface area contributed by atoms with E-state index in [9.17, 15) is 4.39 Å². The molecule has 21 heavy (non-hydrogen) atoms. The standard InChI is InChI=1S/C17H18BrClFN/c1-2-21-11-14(12-4-3-5-15(19)9-12)8-13-10-16(20)6-7-17(13)18/h3-7,9-10,14,21H,2,8,11H2,1H3. The fourth-order valence-corrected chi connectivity index (χ4v) is 2.96. The molecule has 0 fully saturated rings. The largest absolute Gasteiger partial charge is 0.316 e. The molecule has 0 amide bonds. The zero-order chi connectivity index (χ0) is 15.2. The second-order valence-corrected chi connectivity index (χ2v) is 6.29. The van der Waals surface area contributed by atoms with Gasteiger partial charge in [0.15, 0.2) is 0 Å². The summed E-state index contributed by atoms with van der Waals surface area (Å²) in [6.45, 7) is 3.81. The molecule has 0 aliphatic heterocycles. The van der Waals surface area contributed by atoms with Gasteiger partial charge in [-0.05, 0) is 54.4 Å². The Morgan fingerprint density at radius 3 is 2.76 bits per heavy atom. The van der Waals surface area contributed by atoms with Crippen LogP contribution in [0.15, 0.2) is 46.9 Å². The summed E-state index contributed by atoms with van der Waals surface area (Å²) in [5.41, 5.74) is 2.14. The van der Waals surface area contributed by atoms with Gasteiger partial charge < -0.3 is 5.32 Å². The molecule has 2 aromatic carbocycles. The lowest BCUT2D eigenvalue weighted by Crippen LogP contribution is -2.22. The van der Waals surface area contributed by atoms with Crippen LogP contribution in [0.25, 0.3) is 0 Å². The van der Waals surface area contributed by atoms with E-state index < -0.39 is 0 Å². The highest BCUT2D eigenvalue weighted by molar-refractivity contribution is 9.10. The minimum Gasteiger partial charge on any atom is -0.316 e. The van der Waals surface area contributed by atoms with Crippen LogP contribution >= 0.6 is 27.5 Å². The fraction of sp³-hybridized carbons (Fsp3) is 0.294. The maximum atomic E-state index is 13.5. The molecule has 0 aliphatic carbocycles. The number of likely N-dealkylation sites (N-methyl/N-ethyl adjacent to an activating group) is 1. The van der Waals surface area contributed by atoms with Gasteiger partial charge in [0.05, 0.1) is 0 Å². The van der Waals surface area contributed by atoms with Crippen molar-refractivity contribution >= 4 is 27.5 Å². The molecule has 1 N–H and O–H groups in total. The van der Waals surface area contributed by atoms with Gasteiger partial charge in [0.2, 0.25) is 0 Å². The Hall–Kier alpha value is -0.900. The van der Waals surface area contributed by atoms with Crippen molar-refractivity contribution in [2.45, 2.75) is 19.3 Å². The first-order chi connectivity index (χ1) is 10.1. The number of halogens is 3. The van der Waals surface area contributed by atoms with E-state index in [1.165, 1.54) is 11.6 Å². The van der Waals surface area contributed by atoms with E-state index in [2.05, 4.69) is 34.2 Å². The monoisotopic (exact) mass is 369 g/mol. The maximum absolute atomic E-state index is 13.5. The van der Waals surface area contributed by atoms with Crippen LogP contribution in [0.1, 0.15) is 24.0 Å². The van der Waals surface area contributed by atoms with Gasteiger partial charge >= 0.3 is 0 Å². The van der Waals surface area contributed by atoms with Crippen LogP contribution < -0.4 is 5.32 Å². The van der Waals surface area contributed by atoms with E-state index in [1.807, 2.05) is 18.2 Å². The Kier molecular flexibility index (Phi) is 6.22. The molecule has 2 rings (SSSR count). The summed E-state index contributed by atoms with van der Waals surface area (Å²) >= 11 is 9.59. The Bertz CT molecular complexity index is 603. The molecule has 0 aromatic heterocycles. The Morgan fingerprint density at radius 2 is 2.05 bits per heavy atom. The van der Waals surface area contributed by atoms with Crippen molar-refractivity contribution in [1.29, 1.82) is 0 Å². The summed E-state index contributed by atoms with van der Waals surface area (Å²) in [6.07, 6.45) is 0.756. The predicted octanol–water partition coefficient (Wildman–Crippen LogP) is 5.18. The summed E-state index contributed by atoms with van der Waals surface area (Å²) in [6, 6.07) is 12.7. The van der Waals surface area contributed by atoms with Crippen molar-refractivity contribution in [1.82, 2.24) is 5.32 Å². The molecule has 2 aromatic rings. The van der Waals surface area contributed by atoms with Gasteiger partial charge in [0.1, 0.15) is 5.82 Å². The second-order valence-electron chi connectivity index (χ2n) is 5.00. The molecule has 0 saturated heterocycles. The van der Waals surface area contributed by atoms with E-state index in [1.54, 1.807) is 12.1 Å². The average molecular weight is 371 g/mol. The fourth-order valence-electron chi connectivity index (χ4n) is 2.35. The van der Waals surface area contributed by atoms with Crippen LogP contribution in [0.2, 0.25) is 5.02 Å². The van der Waals surface area contributed by atoms with Crippen molar-refractivity contribution in [3.63, 3.8) is 0 Å². The number of hydrogen-bond acceptors (Lipinski definition) is 1. The van der Waals surface area contributed by atoms with E-state index in [4.69, 9.17) is 11.6 Å². The van der Waals surface area contributed by atoms with Crippen LogP contribution in [-0.2, 0) is 6.42 Å². The maximum Gasteiger partial charge on any atom is 0.123 e. The van der Waals surface area contributed by atoms with E-state index >= 15 is 0 Å². The molecular formula is C17H18BrClFN. The predicted molar refractivity (Wildman–Crippen MR) is 90.5 cm³/mol. The van der Waals surface area contributed by atoms with Gasteiger partial charge in [0.25, 0.3) is 0 Å². The average Bonchev–Trinajstić information content (AvgIpc) is 2.47. The summed E-state index contributed by atoms with van der Waals surface area (Å²) in [5.74, 6) is 0.0447. The van der Waals surface area contributed by atoms with Crippen LogP contribution in [0.5, 0.6) is 0 Å². The molecule has 112 valence electrons. The van der Waals surface area contributed by atoms with Crippen molar-refractivity contribution < 1.29 is 4.39 Å². The first-order valence-electron chi connectivity index (χ1n) is 7.00. The highest BCUT2D eigenvalue weighted by atomic mass is 79.9. The quantitative estimate of drug-likeness (QED) is 0.739. The van der Waals surface area contributed by atoms with E-state index in [0.29, 0.717) is 0 Å². The normalized spacial score (nSPS) is 12.4. The Labute approximate surface area is 138 Å². The molecular weight excluding hydrogens is 353 g/mol. The zero-order valence-corrected chi connectivity index (χ0v) is 14.2. The van der Waals surface area contributed by atoms with Gasteiger partial charge in [-0.25, -0.2) is 4.39 Å². The van der Waals surface area contributed by atoms with Crippen LogP contribution in [0, 0.1) is 5.82 Å². The molecule has 1 unspecified atom stereocenters. The summed E-state index contributed by atoms with van der Waals surface area (Å²) in [7, 11) is 0. The van der Waals surface area contributed by atoms with E-state index in [-0.39, 0.29) is 11.7 Å². The molecule has 0 bridgehead atoms. The van der Waals surface area contributed by atoms with Gasteiger partial charge in [-0.15, -0.1) is 0 Å². The SMILES string of the molecule is CCNCC(Cc1cc(F)ccc1Br)c1cccc(Cl)c1. The summed E-state index contributed by atoms with van der Waals surface area (Å²) < 4.78 is 14.4. The van der Waals surface area contributed by atoms with Crippen LogP contribution in [-0.4, -0.2) is 13.1 Å². The van der Waals surface area contributed by atoms with Crippen LogP contribution in [0.4, 0.5) is 4.39 Å². The third-order valence-corrected chi connectivity index (χ3v) is 4.44. The molecule has 0 aliphatic rings. The minimum atomic E-state index is -0.207. The number of benzene rings is 2. The number of rotatable bonds is 6. The Morgan fingerprint density at radius 1 is 1.24 bits per heavy atom. The summed E-state index contributed by atoms with van der Waals surface area (Å²) in [5, 5.41) is 4.10. The third kappa shape index (κ3) is 4.80. The van der Waals surface area contributed by atoms with Gasteiger partial charge in [-0.2, -0.15) is 0 Å². The molecule has 1 atom stereocenters. The number of nitrogens with one attached hydrogen (secondary N) is 1. The lowest BCUT2D eigenvalue weighted by atomic mass is 9.92. The smallest absolute Gasteiger partial charge is 0.123 e. The number of hydrogen-bond donors (Lipinski definition) is 1. The molecule has 0 heterocycles. The summed E-state index contributed by atoms with van der Waals surface area (Å²) in [4.78, 5) is 0. The molecule has 0 radical (unpaired) electrons. The molecule has 0 saturated carbocycles. The first-order valence-corrected chi connectivity index (χ1v) is 8.17. The van der Waals surface area contributed by atoms with Crippen molar-refractivity contribution in [3.05, 3.63) is 68.9 Å². The Balaban J connectivity index is 2.25. The van der Waals surface area contributed by atoms with Crippen LogP contribution in [0.3, 0.4) is 0 Å². The topological polar surface area (TPSA) is 12.0 Å². The lowest BCUT2D eigenvalue weighted by Gasteiger charge is -2.19. The first kappa shape index (κ1) is 16.5. The molecule has 1 nitrogen and oxygen atoms in total. The van der Waals surface area contributed by atoms with Gasteiger partial charge in [0, 0.05) is 22.0 Å². The third-order valence-electron chi connectivity index (χ3n) is 3.43. The van der Waals surface area contributed by atoms with E-state index in [0.717, 1.165) is 34.6 Å². The van der Waals surface area contributed by atoms with Crippen molar-refractivity contribution in [2.24, 2.45) is 0 Å². The van der Waals surface area contributed by atoms with Crippen molar-refractivity contribution in [2.75, 3.05) is 13.1 Å². The van der Waals surface area contributed by atoms with Gasteiger partial charge in [-0.1, -0.05) is 46.6 Å². The molecule has 0 spiro atoms. The highest BCUT2D eigenvalue weighted by Gasteiger charge is 2.14.